The zero-order valence-electron chi connectivity index (χ0n) is 7.10. The third kappa shape index (κ3) is 34.4. The molecule has 0 amide bonds. The monoisotopic (exact) mass is 381 g/mol. The second kappa shape index (κ2) is 14.0. The molecule has 0 saturated heterocycles. The van der Waals surface area contributed by atoms with E-state index in [2.05, 4.69) is 32.6 Å². The maximum absolute atomic E-state index is 8.31. The van der Waals surface area contributed by atoms with Gasteiger partial charge in [0.1, 0.15) is 0 Å². The van der Waals surface area contributed by atoms with Gasteiger partial charge in [-0.1, -0.05) is 0 Å². The number of rotatable bonds is 2. The summed E-state index contributed by atoms with van der Waals surface area (Å²) in [6, 6.07) is 0. The molecule has 2 nitrogen and oxygen atoms in total. The van der Waals surface area contributed by atoms with Crippen LogP contribution in [0.5, 0.6) is 0 Å². The van der Waals surface area contributed by atoms with Gasteiger partial charge in [0.25, 0.3) is 0 Å². The van der Waals surface area contributed by atoms with Crippen LogP contribution >= 0.6 is 7.92 Å². The van der Waals surface area contributed by atoms with Crippen LogP contribution in [-0.4, -0.2) is 48.7 Å². The first-order chi connectivity index (χ1) is 4.54. The number of aliphatic hydroxyl groups is 2. The zero-order chi connectivity index (χ0) is 8.57. The van der Waals surface area contributed by atoms with E-state index in [0.717, 1.165) is 0 Å². The molecule has 74 valence electrons. The Morgan fingerprint density at radius 1 is 1.36 bits per heavy atom. The second-order valence-corrected chi connectivity index (χ2v) is 5.84. The Balaban J connectivity index is -0.000000114. The third-order valence-corrected chi connectivity index (χ3v) is 0.788. The van der Waals surface area contributed by atoms with Crippen molar-refractivity contribution in [3.63, 3.8) is 0 Å². The molecule has 0 aliphatic heterocycles. The second-order valence-electron chi connectivity index (χ2n) is 2.50. The van der Waals surface area contributed by atoms with Gasteiger partial charge in [-0.15, -0.1) is 5.75 Å². The first kappa shape index (κ1) is 18.3. The van der Waals surface area contributed by atoms with Gasteiger partial charge in [-0.25, -0.2) is 0 Å². The molecule has 0 heterocycles. The van der Waals surface area contributed by atoms with E-state index in [-0.39, 0.29) is 42.7 Å². The Hall–Kier alpha value is 1.44. The van der Waals surface area contributed by atoms with Crippen LogP contribution in [0.15, 0.2) is 0 Å². The molecule has 0 aromatic carbocycles. The molecular weight excluding hydrogens is 364 g/mol. The maximum Gasteiger partial charge on any atom is 1.00 e. The predicted octanol–water partition coefficient (Wildman–Crippen LogP) is -0.0260. The van der Waals surface area contributed by atoms with Crippen LogP contribution in [0.4, 0.5) is 0 Å². The van der Waals surface area contributed by atoms with Crippen molar-refractivity contribution in [3.05, 3.63) is 0 Å². The quantitative estimate of drug-likeness (QED) is 0.401. The molecule has 0 saturated carbocycles. The largest absolute Gasteiger partial charge is 1.00 e. The molecular formula is C6H17AuO2PS+. The molecule has 0 aliphatic rings. The van der Waals surface area contributed by atoms with Crippen molar-refractivity contribution in [2.75, 3.05) is 32.4 Å². The van der Waals surface area contributed by atoms with E-state index in [0.29, 0.717) is 0 Å². The predicted molar refractivity (Wildman–Crippen MR) is 51.4 cm³/mol. The van der Waals surface area contributed by atoms with Crippen molar-refractivity contribution in [3.8, 4) is 0 Å². The minimum absolute atomic E-state index is 0. The van der Waals surface area contributed by atoms with Crippen molar-refractivity contribution < 1.29 is 32.6 Å². The van der Waals surface area contributed by atoms with E-state index in [4.69, 9.17) is 10.2 Å². The zero-order valence-corrected chi connectivity index (χ0v) is 11.1. The van der Waals surface area contributed by atoms with Crippen LogP contribution in [0.25, 0.3) is 0 Å². The summed E-state index contributed by atoms with van der Waals surface area (Å²) in [5, 5.41) is 16.3. The average Bonchev–Trinajstić information content (AvgIpc) is 1.85. The third-order valence-electron chi connectivity index (χ3n) is 0.403. The summed E-state index contributed by atoms with van der Waals surface area (Å²) in [7, 11) is 0.120. The summed E-state index contributed by atoms with van der Waals surface area (Å²) in [5.74, 6) is 0.219. The molecule has 0 fully saturated rings. The minimum Gasteiger partial charge on any atom is -0.790 e. The number of aliphatic hydroxyl groups excluding tert-OH is 2. The summed E-state index contributed by atoms with van der Waals surface area (Å²) in [6.07, 6.45) is -0.694. The first-order valence-electron chi connectivity index (χ1n) is 3.18. The van der Waals surface area contributed by atoms with Crippen LogP contribution in [0, 0.1) is 0 Å². The van der Waals surface area contributed by atoms with Gasteiger partial charge in [0.05, 0.1) is 12.7 Å². The Morgan fingerprint density at radius 2 is 1.64 bits per heavy atom. The molecule has 5 heteroatoms. The molecule has 0 aliphatic carbocycles. The van der Waals surface area contributed by atoms with E-state index >= 15 is 0 Å². The van der Waals surface area contributed by atoms with Crippen LogP contribution in [-0.2, 0) is 35.0 Å². The van der Waals surface area contributed by atoms with Crippen molar-refractivity contribution in [1.29, 1.82) is 0 Å². The summed E-state index contributed by atoms with van der Waals surface area (Å²) < 4.78 is 0. The summed E-state index contributed by atoms with van der Waals surface area (Å²) in [4.78, 5) is 0. The molecule has 1 atom stereocenters. The Kier molecular flexibility index (Phi) is 23.2. The molecule has 2 N–H and O–H groups in total. The summed E-state index contributed by atoms with van der Waals surface area (Å²) in [6.45, 7) is 6.59. The van der Waals surface area contributed by atoms with Crippen molar-refractivity contribution in [2.45, 2.75) is 6.10 Å². The molecule has 1 unspecified atom stereocenters. The van der Waals surface area contributed by atoms with E-state index in [1.807, 2.05) is 0 Å². The fourth-order valence-electron chi connectivity index (χ4n) is 0.0527. The molecule has 0 aromatic rings. The van der Waals surface area contributed by atoms with Gasteiger partial charge in [0.15, 0.2) is 0 Å². The molecule has 0 radical (unpaired) electrons. The summed E-state index contributed by atoms with van der Waals surface area (Å²) >= 11 is 4.36. The van der Waals surface area contributed by atoms with Gasteiger partial charge in [-0.2, -0.15) is 0 Å². The fourth-order valence-corrected chi connectivity index (χ4v) is 0.158. The molecule has 0 bridgehead atoms. The van der Waals surface area contributed by atoms with Gasteiger partial charge in [-0.3, -0.25) is 0 Å². The van der Waals surface area contributed by atoms with E-state index in [1.54, 1.807) is 0 Å². The molecule has 0 spiro atoms. The normalized spacial score (nSPS) is 11.2. The first-order valence-corrected chi connectivity index (χ1v) is 6.76. The van der Waals surface area contributed by atoms with Gasteiger partial charge in [0.2, 0.25) is 0 Å². The minimum atomic E-state index is -0.694. The number of hydrogen-bond donors (Lipinski definition) is 2. The van der Waals surface area contributed by atoms with Crippen LogP contribution in [0.2, 0.25) is 0 Å². The Bertz CT molecular complexity index is 59.8. The van der Waals surface area contributed by atoms with Gasteiger partial charge >= 0.3 is 22.4 Å². The standard InChI is InChI=1S/C3H8O2S.C3H9P.Au/c4-1-3(5)2-6;1-4(2)3;/h3-6H,1-2H2;1-3H3;/q;;+1. The smallest absolute Gasteiger partial charge is 0.790 e. The fraction of sp³-hybridized carbons (Fsp3) is 1.00. The van der Waals surface area contributed by atoms with Crippen LogP contribution in [0.1, 0.15) is 0 Å². The maximum atomic E-state index is 8.31. The topological polar surface area (TPSA) is 40.5 Å². The number of hydrogen-bond acceptors (Lipinski definition) is 3. The SMILES string of the molecule is C[PH+](C)C.OCC(O)C[S-].[Au+]. The average molecular weight is 381 g/mol. The summed E-state index contributed by atoms with van der Waals surface area (Å²) in [5.41, 5.74) is 0. The van der Waals surface area contributed by atoms with E-state index < -0.39 is 6.10 Å². The van der Waals surface area contributed by atoms with Crippen molar-refractivity contribution in [2.24, 2.45) is 0 Å². The molecule has 0 rings (SSSR count). The molecule has 11 heavy (non-hydrogen) atoms. The van der Waals surface area contributed by atoms with Gasteiger partial charge in [0, 0.05) is 20.0 Å². The van der Waals surface area contributed by atoms with Crippen molar-refractivity contribution >= 4 is 20.6 Å². The van der Waals surface area contributed by atoms with E-state index in [9.17, 15) is 0 Å². The van der Waals surface area contributed by atoms with Crippen LogP contribution in [0.3, 0.4) is 0 Å². The van der Waals surface area contributed by atoms with Gasteiger partial charge in [-0.05, 0) is 7.92 Å². The Labute approximate surface area is 91.4 Å². The molecule has 0 aromatic heterocycles. The van der Waals surface area contributed by atoms with E-state index in [1.165, 1.54) is 0 Å². The van der Waals surface area contributed by atoms with Crippen LogP contribution < -0.4 is 0 Å². The van der Waals surface area contributed by atoms with Crippen molar-refractivity contribution in [1.82, 2.24) is 0 Å². The van der Waals surface area contributed by atoms with Gasteiger partial charge < -0.3 is 22.8 Å². The Morgan fingerprint density at radius 3 is 1.64 bits per heavy atom.